The van der Waals surface area contributed by atoms with Crippen LogP contribution in [0.15, 0.2) is 48.5 Å². The average molecular weight is 489 g/mol. The third-order valence-electron chi connectivity index (χ3n) is 7.51. The summed E-state index contributed by atoms with van der Waals surface area (Å²) < 4.78 is 1.22. The van der Waals surface area contributed by atoms with Gasteiger partial charge < -0.3 is 4.90 Å². The molecule has 0 aliphatic carbocycles. The molecule has 2 aromatic carbocycles. The number of amides is 3. The maximum absolute atomic E-state index is 13.2. The van der Waals surface area contributed by atoms with Gasteiger partial charge >= 0.3 is 0 Å². The Labute approximate surface area is 208 Å². The molecule has 3 fully saturated rings. The van der Waals surface area contributed by atoms with Crippen molar-refractivity contribution in [2.75, 3.05) is 24.5 Å². The Bertz CT molecular complexity index is 1250. The van der Waals surface area contributed by atoms with Crippen LogP contribution in [0, 0.1) is 0 Å². The zero-order chi connectivity index (χ0) is 23.9. The van der Waals surface area contributed by atoms with E-state index in [0.717, 1.165) is 55.7 Å². The van der Waals surface area contributed by atoms with Crippen molar-refractivity contribution in [3.05, 3.63) is 59.1 Å². The van der Waals surface area contributed by atoms with Crippen LogP contribution in [-0.2, 0) is 20.9 Å². The zero-order valence-electron chi connectivity index (χ0n) is 19.6. The van der Waals surface area contributed by atoms with Crippen molar-refractivity contribution < 1.29 is 14.4 Å². The van der Waals surface area contributed by atoms with Crippen LogP contribution in [0.25, 0.3) is 10.2 Å². The molecule has 3 saturated heterocycles. The monoisotopic (exact) mass is 488 g/mol. The highest BCUT2D eigenvalue weighted by Gasteiger charge is 2.43. The first kappa shape index (κ1) is 22.4. The third kappa shape index (κ3) is 4.25. The highest BCUT2D eigenvalue weighted by Crippen LogP contribution is 2.35. The molecule has 0 bridgehead atoms. The molecule has 8 heteroatoms. The molecule has 7 nitrogen and oxygen atoms in total. The largest absolute Gasteiger partial charge is 0.312 e. The van der Waals surface area contributed by atoms with Crippen molar-refractivity contribution >= 4 is 45.0 Å². The number of nitrogens with zero attached hydrogens (tertiary/aromatic N) is 4. The smallest absolute Gasteiger partial charge is 0.247 e. The minimum Gasteiger partial charge on any atom is -0.312 e. The van der Waals surface area contributed by atoms with E-state index < -0.39 is 0 Å². The Balaban J connectivity index is 1.07. The summed E-state index contributed by atoms with van der Waals surface area (Å²) in [6.07, 6.45) is 3.64. The van der Waals surface area contributed by atoms with Gasteiger partial charge in [-0.3, -0.25) is 24.2 Å². The number of fused-ring (bicyclic) bond motifs is 1. The van der Waals surface area contributed by atoms with E-state index in [1.807, 2.05) is 36.4 Å². The number of piperidine rings is 1. The highest BCUT2D eigenvalue weighted by atomic mass is 32.1. The number of hydrogen-bond acceptors (Lipinski definition) is 6. The number of carbonyl (C=O) groups excluding carboxylic acids is 3. The molecule has 0 radical (unpaired) electrons. The van der Waals surface area contributed by atoms with Crippen molar-refractivity contribution in [3.63, 3.8) is 0 Å². The lowest BCUT2D eigenvalue weighted by atomic mass is 9.96. The van der Waals surface area contributed by atoms with Crippen LogP contribution in [0.4, 0.5) is 5.69 Å². The molecule has 6 rings (SSSR count). The van der Waals surface area contributed by atoms with E-state index in [-0.39, 0.29) is 36.7 Å². The van der Waals surface area contributed by atoms with Crippen LogP contribution in [0.2, 0.25) is 0 Å². The van der Waals surface area contributed by atoms with Gasteiger partial charge in [-0.2, -0.15) is 0 Å². The van der Waals surface area contributed by atoms with Gasteiger partial charge in [0.15, 0.2) is 0 Å². The quantitative estimate of drug-likeness (QED) is 0.509. The molecular weight excluding hydrogens is 460 g/mol. The van der Waals surface area contributed by atoms with Crippen LogP contribution in [0.5, 0.6) is 0 Å². The normalized spacial score (nSPS) is 22.2. The molecule has 1 atom stereocenters. The first-order valence-electron chi connectivity index (χ1n) is 12.4. The Morgan fingerprint density at radius 3 is 2.40 bits per heavy atom. The topological polar surface area (TPSA) is 73.8 Å². The number of hydrogen-bond donors (Lipinski definition) is 0. The standard InChI is InChI=1S/C27H28N4O3S/c32-24-6-3-13-30(24)20-9-7-18(8-10-20)17-31-25(33)16-22(27(31)34)29-14-11-19(12-15-29)26-28-21-4-1-2-5-23(21)35-26/h1-2,4-5,7-10,19,22H,3,6,11-17H2. The summed E-state index contributed by atoms with van der Waals surface area (Å²) in [5.74, 6) is 0.365. The molecular formula is C27H28N4O3S. The Morgan fingerprint density at radius 2 is 1.69 bits per heavy atom. The van der Waals surface area contributed by atoms with Gasteiger partial charge in [0.05, 0.1) is 34.2 Å². The van der Waals surface area contributed by atoms with Gasteiger partial charge in [-0.15, -0.1) is 11.3 Å². The van der Waals surface area contributed by atoms with E-state index in [1.54, 1.807) is 16.2 Å². The second kappa shape index (κ2) is 9.17. The Morgan fingerprint density at radius 1 is 0.914 bits per heavy atom. The first-order chi connectivity index (χ1) is 17.1. The summed E-state index contributed by atoms with van der Waals surface area (Å²) >= 11 is 1.77. The lowest BCUT2D eigenvalue weighted by Gasteiger charge is -2.34. The van der Waals surface area contributed by atoms with Gasteiger partial charge in [-0.25, -0.2) is 4.98 Å². The molecule has 35 heavy (non-hydrogen) atoms. The lowest BCUT2D eigenvalue weighted by Crippen LogP contribution is -2.45. The van der Waals surface area contributed by atoms with Gasteiger partial charge in [0.25, 0.3) is 0 Å². The molecule has 0 N–H and O–H groups in total. The number of benzene rings is 2. The van der Waals surface area contributed by atoms with E-state index >= 15 is 0 Å². The molecule has 180 valence electrons. The van der Waals surface area contributed by atoms with Gasteiger partial charge in [0.1, 0.15) is 0 Å². The third-order valence-corrected chi connectivity index (χ3v) is 8.71. The van der Waals surface area contributed by atoms with Gasteiger partial charge in [0, 0.05) is 24.6 Å². The summed E-state index contributed by atoms with van der Waals surface area (Å²) in [4.78, 5) is 48.2. The number of para-hydroxylation sites is 1. The zero-order valence-corrected chi connectivity index (χ0v) is 20.4. The van der Waals surface area contributed by atoms with E-state index in [0.29, 0.717) is 12.3 Å². The molecule has 1 unspecified atom stereocenters. The SMILES string of the molecule is O=C1CC(N2CCC(c3nc4ccccc4s3)CC2)C(=O)N1Cc1ccc(N2CCCC2=O)cc1. The first-order valence-corrected chi connectivity index (χ1v) is 13.2. The number of anilines is 1. The summed E-state index contributed by atoms with van der Waals surface area (Å²) in [5, 5.41) is 1.18. The van der Waals surface area contributed by atoms with Crippen LogP contribution < -0.4 is 4.90 Å². The second-order valence-electron chi connectivity index (χ2n) is 9.68. The number of likely N-dealkylation sites (tertiary alicyclic amines) is 2. The number of imide groups is 1. The molecule has 3 aliphatic heterocycles. The number of aromatic nitrogens is 1. The van der Waals surface area contributed by atoms with Crippen molar-refractivity contribution in [1.29, 1.82) is 0 Å². The van der Waals surface area contributed by atoms with Crippen molar-refractivity contribution in [2.45, 2.75) is 50.6 Å². The molecule has 0 spiro atoms. The summed E-state index contributed by atoms with van der Waals surface area (Å²) in [6, 6.07) is 15.5. The molecule has 3 amide bonds. The van der Waals surface area contributed by atoms with Gasteiger partial charge in [-0.05, 0) is 62.2 Å². The summed E-state index contributed by atoms with van der Waals surface area (Å²) in [5.41, 5.74) is 2.84. The molecule has 4 heterocycles. The molecule has 3 aromatic rings. The van der Waals surface area contributed by atoms with Crippen LogP contribution in [0.3, 0.4) is 0 Å². The van der Waals surface area contributed by atoms with Gasteiger partial charge in [-0.1, -0.05) is 24.3 Å². The average Bonchev–Trinajstić information content (AvgIpc) is 3.58. The maximum atomic E-state index is 13.2. The minimum atomic E-state index is -0.361. The summed E-state index contributed by atoms with van der Waals surface area (Å²) in [6.45, 7) is 2.64. The lowest BCUT2D eigenvalue weighted by molar-refractivity contribution is -0.140. The Hall–Kier alpha value is -3.10. The fourth-order valence-electron chi connectivity index (χ4n) is 5.52. The fourth-order valence-corrected chi connectivity index (χ4v) is 6.66. The maximum Gasteiger partial charge on any atom is 0.247 e. The van der Waals surface area contributed by atoms with Crippen LogP contribution >= 0.6 is 11.3 Å². The minimum absolute atomic E-state index is 0.0905. The Kier molecular flexibility index (Phi) is 5.86. The fraction of sp³-hybridized carbons (Fsp3) is 0.407. The van der Waals surface area contributed by atoms with E-state index in [1.165, 1.54) is 14.6 Å². The molecule has 0 saturated carbocycles. The van der Waals surface area contributed by atoms with Gasteiger partial charge in [0.2, 0.25) is 17.7 Å². The predicted molar refractivity (Wildman–Crippen MR) is 135 cm³/mol. The molecule has 3 aliphatic rings. The predicted octanol–water partition coefficient (Wildman–Crippen LogP) is 3.93. The highest BCUT2D eigenvalue weighted by molar-refractivity contribution is 7.18. The van der Waals surface area contributed by atoms with Crippen molar-refractivity contribution in [1.82, 2.24) is 14.8 Å². The summed E-state index contributed by atoms with van der Waals surface area (Å²) in [7, 11) is 0. The van der Waals surface area contributed by atoms with E-state index in [9.17, 15) is 14.4 Å². The van der Waals surface area contributed by atoms with E-state index in [2.05, 4.69) is 17.0 Å². The number of thiazole rings is 1. The van der Waals surface area contributed by atoms with Crippen LogP contribution in [0.1, 0.15) is 48.6 Å². The van der Waals surface area contributed by atoms with E-state index in [4.69, 9.17) is 4.98 Å². The van der Waals surface area contributed by atoms with Crippen molar-refractivity contribution in [2.24, 2.45) is 0 Å². The second-order valence-corrected chi connectivity index (χ2v) is 10.7. The number of carbonyl (C=O) groups is 3. The van der Waals surface area contributed by atoms with Crippen molar-refractivity contribution in [3.8, 4) is 0 Å². The number of rotatable bonds is 5. The van der Waals surface area contributed by atoms with Crippen LogP contribution in [-0.4, -0.2) is 58.2 Å². The molecule has 1 aromatic heterocycles.